The van der Waals surface area contributed by atoms with Crippen LogP contribution in [0.15, 0.2) is 22.7 Å². The average molecular weight is 284 g/mol. The van der Waals surface area contributed by atoms with Crippen molar-refractivity contribution in [2.24, 2.45) is 0 Å². The summed E-state index contributed by atoms with van der Waals surface area (Å²) in [5.41, 5.74) is 7.86. The largest absolute Gasteiger partial charge is 0.432 e. The average Bonchev–Trinajstić information content (AvgIpc) is 2.86. The molecule has 0 saturated carbocycles. The van der Waals surface area contributed by atoms with Crippen molar-refractivity contribution in [1.29, 1.82) is 0 Å². The van der Waals surface area contributed by atoms with Gasteiger partial charge in [0.25, 0.3) is 0 Å². The van der Waals surface area contributed by atoms with Crippen molar-refractivity contribution in [3.05, 3.63) is 18.3 Å². The van der Waals surface area contributed by atoms with E-state index >= 15 is 0 Å². The highest BCUT2D eigenvalue weighted by Gasteiger charge is 2.22. The molecule has 3 aromatic heterocycles. The predicted molar refractivity (Wildman–Crippen MR) is 81.2 cm³/mol. The molecule has 1 saturated heterocycles. The van der Waals surface area contributed by atoms with E-state index in [1.165, 1.54) is 0 Å². The minimum Gasteiger partial charge on any atom is -0.432 e. The number of piperazine rings is 1. The summed E-state index contributed by atoms with van der Waals surface area (Å²) in [6.07, 6.45) is 1.71. The number of likely N-dealkylation sites (N-methyl/N-ethyl adjacent to an activating group) is 1. The van der Waals surface area contributed by atoms with E-state index < -0.39 is 0 Å². The third kappa shape index (κ3) is 1.97. The molecule has 0 amide bonds. The van der Waals surface area contributed by atoms with Gasteiger partial charge in [-0.3, -0.25) is 0 Å². The molecule has 0 atom stereocenters. The van der Waals surface area contributed by atoms with Gasteiger partial charge in [-0.15, -0.1) is 0 Å². The summed E-state index contributed by atoms with van der Waals surface area (Å²) in [6, 6.07) is 3.81. The number of aromatic nitrogens is 3. The van der Waals surface area contributed by atoms with E-state index in [2.05, 4.69) is 31.8 Å². The molecule has 0 unspecified atom stereocenters. The normalized spacial score (nSPS) is 16.9. The number of nitrogens with zero attached hydrogens (tertiary/aromatic N) is 5. The highest BCUT2D eigenvalue weighted by Crippen LogP contribution is 2.32. The number of pyridine rings is 1. The molecular formula is C14H16N6O. The minimum atomic E-state index is 0.267. The molecule has 1 aliphatic rings. The van der Waals surface area contributed by atoms with Gasteiger partial charge < -0.3 is 20.0 Å². The second-order valence-corrected chi connectivity index (χ2v) is 5.33. The van der Waals surface area contributed by atoms with Gasteiger partial charge in [-0.1, -0.05) is 0 Å². The molecule has 7 nitrogen and oxygen atoms in total. The molecule has 21 heavy (non-hydrogen) atoms. The molecule has 0 aromatic carbocycles. The first-order chi connectivity index (χ1) is 10.2. The minimum absolute atomic E-state index is 0.267. The van der Waals surface area contributed by atoms with Crippen LogP contribution in [0.1, 0.15) is 0 Å². The van der Waals surface area contributed by atoms with E-state index in [0.29, 0.717) is 11.3 Å². The van der Waals surface area contributed by atoms with E-state index in [1.54, 1.807) is 6.20 Å². The molecule has 1 fully saturated rings. The van der Waals surface area contributed by atoms with Gasteiger partial charge in [-0.2, -0.15) is 4.98 Å². The molecule has 2 N–H and O–H groups in total. The van der Waals surface area contributed by atoms with Crippen LogP contribution < -0.4 is 10.6 Å². The zero-order valence-corrected chi connectivity index (χ0v) is 11.8. The predicted octanol–water partition coefficient (Wildman–Crippen LogP) is 1.10. The van der Waals surface area contributed by atoms with Gasteiger partial charge in [0.1, 0.15) is 5.52 Å². The standard InChI is InChI=1S/C14H16N6O/c1-19-5-7-20(8-6-19)12-11-10(17-14(15)18-12)9-3-2-4-16-13(9)21-11/h2-4H,5-8H2,1H3,(H2,15,17,18). The van der Waals surface area contributed by atoms with Crippen molar-refractivity contribution in [2.75, 3.05) is 43.9 Å². The van der Waals surface area contributed by atoms with Crippen LogP contribution in [0.5, 0.6) is 0 Å². The third-order valence-corrected chi connectivity index (χ3v) is 3.89. The molecule has 0 spiro atoms. The smallest absolute Gasteiger partial charge is 0.229 e. The summed E-state index contributed by atoms with van der Waals surface area (Å²) in [5.74, 6) is 1.03. The number of rotatable bonds is 1. The Morgan fingerprint density at radius 3 is 2.81 bits per heavy atom. The van der Waals surface area contributed by atoms with Gasteiger partial charge in [0.15, 0.2) is 11.4 Å². The zero-order valence-electron chi connectivity index (χ0n) is 11.8. The monoisotopic (exact) mass is 284 g/mol. The fourth-order valence-corrected chi connectivity index (χ4v) is 2.71. The van der Waals surface area contributed by atoms with Crippen molar-refractivity contribution in [3.8, 4) is 0 Å². The Labute approximate surface area is 121 Å². The zero-order chi connectivity index (χ0) is 14.4. The van der Waals surface area contributed by atoms with Gasteiger partial charge in [0.05, 0.1) is 5.39 Å². The van der Waals surface area contributed by atoms with Crippen LogP contribution in [0.4, 0.5) is 11.8 Å². The lowest BCUT2D eigenvalue weighted by Crippen LogP contribution is -2.44. The highest BCUT2D eigenvalue weighted by atomic mass is 16.3. The number of furan rings is 1. The number of hydrogen-bond donors (Lipinski definition) is 1. The molecule has 0 radical (unpaired) electrons. The SMILES string of the molecule is CN1CCN(c2nc(N)nc3c2oc2ncccc23)CC1. The molecular weight excluding hydrogens is 268 g/mol. The van der Waals surface area contributed by atoms with E-state index in [-0.39, 0.29) is 5.95 Å². The highest BCUT2D eigenvalue weighted by molar-refractivity contribution is 6.04. The first-order valence-corrected chi connectivity index (χ1v) is 6.96. The lowest BCUT2D eigenvalue weighted by atomic mass is 10.2. The summed E-state index contributed by atoms with van der Waals surface area (Å²) in [7, 11) is 2.12. The summed E-state index contributed by atoms with van der Waals surface area (Å²) in [6.45, 7) is 3.77. The first kappa shape index (κ1) is 12.3. The Morgan fingerprint density at radius 1 is 1.19 bits per heavy atom. The second kappa shape index (κ2) is 4.56. The maximum atomic E-state index is 5.89. The number of anilines is 2. The molecule has 4 heterocycles. The third-order valence-electron chi connectivity index (χ3n) is 3.89. The lowest BCUT2D eigenvalue weighted by molar-refractivity contribution is 0.312. The molecule has 4 rings (SSSR count). The van der Waals surface area contributed by atoms with Crippen molar-refractivity contribution in [2.45, 2.75) is 0 Å². The van der Waals surface area contributed by atoms with Crippen LogP contribution in [0.2, 0.25) is 0 Å². The van der Waals surface area contributed by atoms with E-state index in [0.717, 1.165) is 42.9 Å². The van der Waals surface area contributed by atoms with Crippen LogP contribution in [0.3, 0.4) is 0 Å². The maximum absolute atomic E-state index is 5.89. The fraction of sp³-hybridized carbons (Fsp3) is 0.357. The van der Waals surface area contributed by atoms with Crippen LogP contribution >= 0.6 is 0 Å². The lowest BCUT2D eigenvalue weighted by Gasteiger charge is -2.33. The van der Waals surface area contributed by atoms with Crippen LogP contribution in [0.25, 0.3) is 22.2 Å². The van der Waals surface area contributed by atoms with Crippen molar-refractivity contribution in [3.63, 3.8) is 0 Å². The summed E-state index contributed by atoms with van der Waals surface area (Å²) < 4.78 is 5.87. The van der Waals surface area contributed by atoms with Crippen LogP contribution in [-0.4, -0.2) is 53.1 Å². The molecule has 1 aliphatic heterocycles. The number of hydrogen-bond acceptors (Lipinski definition) is 7. The Morgan fingerprint density at radius 2 is 2.00 bits per heavy atom. The Hall–Kier alpha value is -2.41. The Balaban J connectivity index is 1.91. The van der Waals surface area contributed by atoms with Gasteiger partial charge in [0.2, 0.25) is 11.7 Å². The Kier molecular flexibility index (Phi) is 2.68. The maximum Gasteiger partial charge on any atom is 0.229 e. The van der Waals surface area contributed by atoms with Gasteiger partial charge in [0, 0.05) is 32.4 Å². The summed E-state index contributed by atoms with van der Waals surface area (Å²) >= 11 is 0. The number of fused-ring (bicyclic) bond motifs is 3. The molecule has 7 heteroatoms. The summed E-state index contributed by atoms with van der Waals surface area (Å²) in [5, 5.41) is 0.872. The molecule has 0 aliphatic carbocycles. The van der Waals surface area contributed by atoms with Crippen molar-refractivity contribution in [1.82, 2.24) is 19.9 Å². The van der Waals surface area contributed by atoms with Gasteiger partial charge >= 0.3 is 0 Å². The van der Waals surface area contributed by atoms with E-state index in [1.807, 2.05) is 12.1 Å². The molecule has 108 valence electrons. The van der Waals surface area contributed by atoms with E-state index in [9.17, 15) is 0 Å². The number of nitrogen functional groups attached to an aromatic ring is 1. The number of nitrogens with two attached hydrogens (primary N) is 1. The van der Waals surface area contributed by atoms with Gasteiger partial charge in [-0.25, -0.2) is 9.97 Å². The first-order valence-electron chi connectivity index (χ1n) is 6.96. The fourth-order valence-electron chi connectivity index (χ4n) is 2.71. The summed E-state index contributed by atoms with van der Waals surface area (Å²) in [4.78, 5) is 17.5. The quantitative estimate of drug-likeness (QED) is 0.716. The molecule has 0 bridgehead atoms. The van der Waals surface area contributed by atoms with Crippen LogP contribution in [-0.2, 0) is 0 Å². The Bertz CT molecular complexity index is 806. The van der Waals surface area contributed by atoms with E-state index in [4.69, 9.17) is 10.2 Å². The van der Waals surface area contributed by atoms with Crippen LogP contribution in [0, 0.1) is 0 Å². The second-order valence-electron chi connectivity index (χ2n) is 5.33. The van der Waals surface area contributed by atoms with Crippen molar-refractivity contribution < 1.29 is 4.42 Å². The van der Waals surface area contributed by atoms with Crippen molar-refractivity contribution >= 4 is 34.0 Å². The topological polar surface area (TPSA) is 84.3 Å². The van der Waals surface area contributed by atoms with Gasteiger partial charge in [-0.05, 0) is 19.2 Å². The molecule has 3 aromatic rings.